The van der Waals surface area contributed by atoms with Gasteiger partial charge in [0.15, 0.2) is 0 Å². The average Bonchev–Trinajstić information content (AvgIpc) is 2.37. The summed E-state index contributed by atoms with van der Waals surface area (Å²) < 4.78 is 5.26. The maximum atomic E-state index is 11.3. The normalized spacial score (nSPS) is 12.6. The minimum Gasteiger partial charge on any atom is -0.478 e. The second-order valence-electron chi connectivity index (χ2n) is 5.37. The number of rotatable bonds is 8. The van der Waals surface area contributed by atoms with Crippen molar-refractivity contribution >= 4 is 5.97 Å². The Hall–Kier alpha value is -1.35. The lowest BCUT2D eigenvalue weighted by atomic mass is 9.89. The van der Waals surface area contributed by atoms with Crippen molar-refractivity contribution in [1.82, 2.24) is 0 Å². The molecule has 0 heterocycles. The minimum atomic E-state index is -0.861. The first kappa shape index (κ1) is 15.7. The molecule has 19 heavy (non-hydrogen) atoms. The largest absolute Gasteiger partial charge is 0.478 e. The highest BCUT2D eigenvalue weighted by Crippen LogP contribution is 2.26. The fraction of sp³-hybridized carbons (Fsp3) is 0.562. The lowest BCUT2D eigenvalue weighted by Crippen LogP contribution is -2.12. The molecule has 1 aromatic carbocycles. The third kappa shape index (κ3) is 5.03. The molecule has 0 bridgehead atoms. The van der Waals surface area contributed by atoms with Crippen LogP contribution in [0.5, 0.6) is 0 Å². The van der Waals surface area contributed by atoms with Crippen LogP contribution < -0.4 is 0 Å². The van der Waals surface area contributed by atoms with Gasteiger partial charge in [0.2, 0.25) is 0 Å². The molecule has 0 fully saturated rings. The molecule has 0 saturated heterocycles. The van der Waals surface area contributed by atoms with Crippen molar-refractivity contribution in [3.05, 3.63) is 35.4 Å². The van der Waals surface area contributed by atoms with Gasteiger partial charge in [0, 0.05) is 13.0 Å². The maximum Gasteiger partial charge on any atom is 0.335 e. The quantitative estimate of drug-likeness (QED) is 0.773. The van der Waals surface area contributed by atoms with Crippen molar-refractivity contribution < 1.29 is 14.6 Å². The SMILES string of the molecule is COCC(CCCC(C)C)c1ccccc1C(=O)O. The predicted molar refractivity (Wildman–Crippen MR) is 76.7 cm³/mol. The molecule has 0 aliphatic carbocycles. The van der Waals surface area contributed by atoms with Crippen molar-refractivity contribution in [3.63, 3.8) is 0 Å². The molecule has 1 aromatic rings. The van der Waals surface area contributed by atoms with E-state index in [9.17, 15) is 9.90 Å². The van der Waals surface area contributed by atoms with Crippen LogP contribution in [0.1, 0.15) is 54.9 Å². The van der Waals surface area contributed by atoms with Gasteiger partial charge in [-0.05, 0) is 24.0 Å². The molecule has 0 amide bonds. The lowest BCUT2D eigenvalue weighted by Gasteiger charge is -2.19. The number of carboxylic acid groups (broad SMARTS) is 1. The highest BCUT2D eigenvalue weighted by Gasteiger charge is 2.18. The summed E-state index contributed by atoms with van der Waals surface area (Å²) in [6.07, 6.45) is 3.23. The lowest BCUT2D eigenvalue weighted by molar-refractivity contribution is 0.0694. The molecule has 1 unspecified atom stereocenters. The van der Waals surface area contributed by atoms with E-state index in [0.717, 1.165) is 24.8 Å². The zero-order valence-electron chi connectivity index (χ0n) is 12.1. The maximum absolute atomic E-state index is 11.3. The van der Waals surface area contributed by atoms with Crippen LogP contribution >= 0.6 is 0 Å². The molecule has 3 nitrogen and oxygen atoms in total. The van der Waals surface area contributed by atoms with Gasteiger partial charge in [0.25, 0.3) is 0 Å². The molecule has 0 aliphatic rings. The van der Waals surface area contributed by atoms with Gasteiger partial charge < -0.3 is 9.84 Å². The zero-order chi connectivity index (χ0) is 14.3. The molecule has 0 saturated carbocycles. The molecule has 1 atom stereocenters. The second kappa shape index (κ2) is 7.95. The molecule has 0 radical (unpaired) electrons. The van der Waals surface area contributed by atoms with E-state index in [4.69, 9.17) is 4.74 Å². The number of carboxylic acids is 1. The molecule has 0 aromatic heterocycles. The Morgan fingerprint density at radius 2 is 1.95 bits per heavy atom. The average molecular weight is 264 g/mol. The minimum absolute atomic E-state index is 0.163. The summed E-state index contributed by atoms with van der Waals surface area (Å²) >= 11 is 0. The van der Waals surface area contributed by atoms with Gasteiger partial charge in [-0.25, -0.2) is 4.79 Å². The second-order valence-corrected chi connectivity index (χ2v) is 5.37. The Labute approximate surface area is 115 Å². The molecule has 1 rings (SSSR count). The first-order chi connectivity index (χ1) is 9.06. The Morgan fingerprint density at radius 1 is 1.26 bits per heavy atom. The van der Waals surface area contributed by atoms with Crippen LogP contribution in [0.4, 0.5) is 0 Å². The fourth-order valence-electron chi connectivity index (χ4n) is 2.35. The summed E-state index contributed by atoms with van der Waals surface area (Å²) in [5.41, 5.74) is 1.29. The van der Waals surface area contributed by atoms with Gasteiger partial charge in [-0.3, -0.25) is 0 Å². The summed E-state index contributed by atoms with van der Waals surface area (Å²) in [6, 6.07) is 7.24. The summed E-state index contributed by atoms with van der Waals surface area (Å²) in [7, 11) is 1.67. The van der Waals surface area contributed by atoms with Gasteiger partial charge >= 0.3 is 5.97 Å². The molecule has 106 valence electrons. The van der Waals surface area contributed by atoms with Gasteiger partial charge in [-0.1, -0.05) is 44.9 Å². The Kier molecular flexibility index (Phi) is 6.57. The Balaban J connectivity index is 2.83. The summed E-state index contributed by atoms with van der Waals surface area (Å²) in [6.45, 7) is 4.98. The number of hydrogen-bond donors (Lipinski definition) is 1. The smallest absolute Gasteiger partial charge is 0.335 e. The third-order valence-corrected chi connectivity index (χ3v) is 3.33. The predicted octanol–water partition coefficient (Wildman–Crippen LogP) is 3.94. The van der Waals surface area contributed by atoms with E-state index in [0.29, 0.717) is 18.1 Å². The highest BCUT2D eigenvalue weighted by molar-refractivity contribution is 5.89. The highest BCUT2D eigenvalue weighted by atomic mass is 16.5. The number of carbonyl (C=O) groups is 1. The standard InChI is InChI=1S/C16H24O3/c1-12(2)7-6-8-13(11-19-3)14-9-4-5-10-15(14)16(17)18/h4-5,9-10,12-13H,6-8,11H2,1-3H3,(H,17,18). The van der Waals surface area contributed by atoms with Crippen LogP contribution in [0.25, 0.3) is 0 Å². The number of methoxy groups -OCH3 is 1. The number of ether oxygens (including phenoxy) is 1. The van der Waals surface area contributed by atoms with E-state index < -0.39 is 5.97 Å². The van der Waals surface area contributed by atoms with Crippen molar-refractivity contribution in [3.8, 4) is 0 Å². The fourth-order valence-corrected chi connectivity index (χ4v) is 2.35. The van der Waals surface area contributed by atoms with Crippen molar-refractivity contribution in [1.29, 1.82) is 0 Å². The molecular weight excluding hydrogens is 240 g/mol. The third-order valence-electron chi connectivity index (χ3n) is 3.33. The van der Waals surface area contributed by atoms with Gasteiger partial charge in [-0.2, -0.15) is 0 Å². The van der Waals surface area contributed by atoms with E-state index in [2.05, 4.69) is 13.8 Å². The van der Waals surface area contributed by atoms with Gasteiger partial charge in [-0.15, -0.1) is 0 Å². The van der Waals surface area contributed by atoms with E-state index in [-0.39, 0.29) is 5.92 Å². The van der Waals surface area contributed by atoms with E-state index in [1.165, 1.54) is 0 Å². The van der Waals surface area contributed by atoms with Crippen molar-refractivity contribution in [2.45, 2.75) is 39.0 Å². The molecule has 1 N–H and O–H groups in total. The number of benzene rings is 1. The van der Waals surface area contributed by atoms with Gasteiger partial charge in [0.1, 0.15) is 0 Å². The van der Waals surface area contributed by atoms with Crippen LogP contribution in [0, 0.1) is 5.92 Å². The van der Waals surface area contributed by atoms with Crippen LogP contribution in [0.2, 0.25) is 0 Å². The summed E-state index contributed by atoms with van der Waals surface area (Å²) in [5.74, 6) is -0.0190. The first-order valence-electron chi connectivity index (χ1n) is 6.87. The topological polar surface area (TPSA) is 46.5 Å². The van der Waals surface area contributed by atoms with Crippen molar-refractivity contribution in [2.75, 3.05) is 13.7 Å². The van der Waals surface area contributed by atoms with E-state index >= 15 is 0 Å². The van der Waals surface area contributed by atoms with E-state index in [1.54, 1.807) is 19.2 Å². The van der Waals surface area contributed by atoms with Crippen LogP contribution in [0.3, 0.4) is 0 Å². The van der Waals surface area contributed by atoms with Crippen LogP contribution in [0.15, 0.2) is 24.3 Å². The number of aromatic carboxylic acids is 1. The van der Waals surface area contributed by atoms with E-state index in [1.807, 2.05) is 12.1 Å². The number of hydrogen-bond acceptors (Lipinski definition) is 2. The first-order valence-corrected chi connectivity index (χ1v) is 6.87. The Bertz CT molecular complexity index is 399. The molecular formula is C16H24O3. The van der Waals surface area contributed by atoms with Gasteiger partial charge in [0.05, 0.1) is 12.2 Å². The molecule has 0 aliphatic heterocycles. The monoisotopic (exact) mass is 264 g/mol. The van der Waals surface area contributed by atoms with Crippen LogP contribution in [-0.2, 0) is 4.74 Å². The molecule has 3 heteroatoms. The summed E-state index contributed by atoms with van der Waals surface area (Å²) in [5, 5.41) is 9.26. The van der Waals surface area contributed by atoms with Crippen molar-refractivity contribution in [2.24, 2.45) is 5.92 Å². The van der Waals surface area contributed by atoms with Crippen LogP contribution in [-0.4, -0.2) is 24.8 Å². The zero-order valence-corrected chi connectivity index (χ0v) is 12.1. The summed E-state index contributed by atoms with van der Waals surface area (Å²) in [4.78, 5) is 11.3. The molecule has 0 spiro atoms. The Morgan fingerprint density at radius 3 is 2.53 bits per heavy atom.